The zero-order valence-electron chi connectivity index (χ0n) is 10.2. The summed E-state index contributed by atoms with van der Waals surface area (Å²) in [5, 5.41) is 15.2. The predicted molar refractivity (Wildman–Crippen MR) is 69.7 cm³/mol. The molecule has 1 aliphatic carbocycles. The molecule has 0 radical (unpaired) electrons. The van der Waals surface area contributed by atoms with Crippen LogP contribution >= 0.6 is 0 Å². The van der Waals surface area contributed by atoms with Crippen molar-refractivity contribution in [1.29, 1.82) is 0 Å². The summed E-state index contributed by atoms with van der Waals surface area (Å²) in [5.41, 5.74) is 1.83. The lowest BCUT2D eigenvalue weighted by molar-refractivity contribution is -0.116. The Morgan fingerprint density at radius 2 is 2.16 bits per heavy atom. The molecule has 1 aromatic heterocycles. The highest BCUT2D eigenvalue weighted by Crippen LogP contribution is 2.31. The molecular formula is C14H11N3O2. The first-order chi connectivity index (χ1) is 9.15. The van der Waals surface area contributed by atoms with Crippen LogP contribution < -0.4 is 5.36 Å². The second-order valence-electron chi connectivity index (χ2n) is 4.21. The fourth-order valence-corrected chi connectivity index (χ4v) is 2.02. The number of rotatable bonds is 0. The summed E-state index contributed by atoms with van der Waals surface area (Å²) in [4.78, 5) is 14.8. The highest BCUT2D eigenvalue weighted by Gasteiger charge is 2.12. The molecule has 0 bridgehead atoms. The largest absolute Gasteiger partial charge is 0.505 e. The van der Waals surface area contributed by atoms with E-state index in [1.807, 2.05) is 12.1 Å². The molecule has 5 nitrogen and oxygen atoms in total. The number of hydrogen-bond acceptors (Lipinski definition) is 3. The Labute approximate surface area is 108 Å². The molecule has 0 fully saturated rings. The molecule has 19 heavy (non-hydrogen) atoms. The molecule has 0 atom stereocenters. The van der Waals surface area contributed by atoms with E-state index in [1.165, 1.54) is 6.92 Å². The Kier molecular flexibility index (Phi) is 2.52. The predicted octanol–water partition coefficient (Wildman–Crippen LogP) is 1.59. The highest BCUT2D eigenvalue weighted by molar-refractivity contribution is 5.78. The zero-order chi connectivity index (χ0) is 13.4. The first-order valence-corrected chi connectivity index (χ1v) is 5.81. The van der Waals surface area contributed by atoms with Crippen LogP contribution in [0.25, 0.3) is 16.8 Å². The number of aromatic hydroxyl groups is 1. The Bertz CT molecular complexity index is 820. The van der Waals surface area contributed by atoms with E-state index in [9.17, 15) is 9.90 Å². The Morgan fingerprint density at radius 3 is 2.95 bits per heavy atom. The van der Waals surface area contributed by atoms with Gasteiger partial charge < -0.3 is 5.11 Å². The normalized spacial score (nSPS) is 12.2. The standard InChI is InChI=1S/C14H11N3O2/c1-9(18)15-10-5-6-12-11(8-10)14(19)13-4-2-3-7-17(13)16-12/h2-8,19H,1H3. The summed E-state index contributed by atoms with van der Waals surface area (Å²) in [6, 6.07) is 10.5. The van der Waals surface area contributed by atoms with Gasteiger partial charge in [-0.15, -0.1) is 0 Å². The number of amides is 1. The summed E-state index contributed by atoms with van der Waals surface area (Å²) in [6.45, 7) is 1.39. The summed E-state index contributed by atoms with van der Waals surface area (Å²) in [6.07, 6.45) is 1.77. The lowest BCUT2D eigenvalue weighted by Crippen LogP contribution is -2.07. The number of hydrogen-bond donors (Lipinski definition) is 1. The van der Waals surface area contributed by atoms with Crippen molar-refractivity contribution in [1.82, 2.24) is 9.61 Å². The van der Waals surface area contributed by atoms with Crippen LogP contribution in [-0.2, 0) is 4.79 Å². The third-order valence-electron chi connectivity index (χ3n) is 2.82. The van der Waals surface area contributed by atoms with Crippen LogP contribution in [0.5, 0.6) is 5.75 Å². The van der Waals surface area contributed by atoms with Crippen LogP contribution in [0.3, 0.4) is 0 Å². The van der Waals surface area contributed by atoms with Gasteiger partial charge in [0.2, 0.25) is 5.91 Å². The van der Waals surface area contributed by atoms with Gasteiger partial charge in [0.1, 0.15) is 5.52 Å². The Hall–Kier alpha value is -2.69. The maximum Gasteiger partial charge on any atom is 0.243 e. The number of fused-ring (bicyclic) bond motifs is 2. The van der Waals surface area contributed by atoms with E-state index in [2.05, 4.69) is 10.1 Å². The van der Waals surface area contributed by atoms with Crippen LogP contribution in [0.1, 0.15) is 6.92 Å². The van der Waals surface area contributed by atoms with E-state index in [-0.39, 0.29) is 11.7 Å². The number of benzene rings is 1. The summed E-state index contributed by atoms with van der Waals surface area (Å²) < 4.78 is 1.61. The van der Waals surface area contributed by atoms with Gasteiger partial charge in [0.05, 0.1) is 11.1 Å². The molecule has 0 aromatic carbocycles. The fourth-order valence-electron chi connectivity index (χ4n) is 2.02. The van der Waals surface area contributed by atoms with Gasteiger partial charge in [-0.25, -0.2) is 9.51 Å². The van der Waals surface area contributed by atoms with Crippen molar-refractivity contribution in [2.24, 2.45) is 4.99 Å². The topological polar surface area (TPSA) is 67.0 Å². The molecule has 5 heteroatoms. The maximum absolute atomic E-state index is 11.0. The smallest absolute Gasteiger partial charge is 0.243 e. The minimum atomic E-state index is -0.276. The number of nitrogens with zero attached hydrogens (tertiary/aromatic N) is 3. The van der Waals surface area contributed by atoms with Crippen molar-refractivity contribution in [3.63, 3.8) is 0 Å². The van der Waals surface area contributed by atoms with Crippen LogP contribution in [-0.4, -0.2) is 20.6 Å². The minimum Gasteiger partial charge on any atom is -0.505 e. The van der Waals surface area contributed by atoms with Gasteiger partial charge in [-0.3, -0.25) is 4.79 Å². The van der Waals surface area contributed by atoms with E-state index < -0.39 is 0 Å². The number of carbonyl (C=O) groups is 1. The molecule has 0 saturated heterocycles. The average Bonchev–Trinajstić information content (AvgIpc) is 2.39. The molecule has 1 amide bonds. The fraction of sp³-hybridized carbons (Fsp3) is 0.0714. The van der Waals surface area contributed by atoms with Crippen LogP contribution in [0.2, 0.25) is 0 Å². The van der Waals surface area contributed by atoms with Gasteiger partial charge in [-0.2, -0.15) is 5.10 Å². The molecule has 3 rings (SSSR count). The van der Waals surface area contributed by atoms with Crippen molar-refractivity contribution in [3.8, 4) is 17.0 Å². The lowest BCUT2D eigenvalue weighted by Gasteiger charge is -2.10. The van der Waals surface area contributed by atoms with Crippen molar-refractivity contribution in [2.45, 2.75) is 6.92 Å². The van der Waals surface area contributed by atoms with Crippen molar-refractivity contribution < 1.29 is 9.90 Å². The molecule has 1 aromatic rings. The summed E-state index contributed by atoms with van der Waals surface area (Å²) in [7, 11) is 0. The van der Waals surface area contributed by atoms with Crippen molar-refractivity contribution in [3.05, 3.63) is 48.0 Å². The van der Waals surface area contributed by atoms with Crippen molar-refractivity contribution in [2.75, 3.05) is 0 Å². The number of aromatic nitrogens is 2. The van der Waals surface area contributed by atoms with Gasteiger partial charge in [0.25, 0.3) is 0 Å². The molecule has 94 valence electrons. The molecule has 1 N–H and O–H groups in total. The van der Waals surface area contributed by atoms with Gasteiger partial charge >= 0.3 is 0 Å². The quantitative estimate of drug-likeness (QED) is 0.619. The average molecular weight is 253 g/mol. The lowest BCUT2D eigenvalue weighted by atomic mass is 10.1. The van der Waals surface area contributed by atoms with Gasteiger partial charge in [0.15, 0.2) is 5.75 Å². The van der Waals surface area contributed by atoms with Gasteiger partial charge in [0, 0.05) is 18.7 Å². The van der Waals surface area contributed by atoms with Crippen LogP contribution in [0.4, 0.5) is 0 Å². The molecule has 0 unspecified atom stereocenters. The first kappa shape index (κ1) is 11.4. The third-order valence-corrected chi connectivity index (χ3v) is 2.82. The first-order valence-electron chi connectivity index (χ1n) is 5.81. The second-order valence-corrected chi connectivity index (χ2v) is 4.21. The molecule has 0 saturated carbocycles. The van der Waals surface area contributed by atoms with E-state index in [0.29, 0.717) is 22.1 Å². The van der Waals surface area contributed by atoms with E-state index >= 15 is 0 Å². The van der Waals surface area contributed by atoms with E-state index in [0.717, 1.165) is 0 Å². The number of pyridine rings is 1. The number of carbonyl (C=O) groups excluding carboxylic acids is 1. The Morgan fingerprint density at radius 1 is 1.32 bits per heavy atom. The highest BCUT2D eigenvalue weighted by atomic mass is 16.3. The van der Waals surface area contributed by atoms with E-state index in [4.69, 9.17) is 0 Å². The molecule has 1 aliphatic heterocycles. The summed E-state index contributed by atoms with van der Waals surface area (Å²) >= 11 is 0. The van der Waals surface area contributed by atoms with Crippen LogP contribution in [0, 0.1) is 0 Å². The third kappa shape index (κ3) is 1.95. The monoisotopic (exact) mass is 253 g/mol. The Balaban J connectivity index is 2.40. The minimum absolute atomic E-state index is 0.131. The van der Waals surface area contributed by atoms with Gasteiger partial charge in [-0.05, 0) is 30.3 Å². The van der Waals surface area contributed by atoms with Crippen molar-refractivity contribution >= 4 is 11.4 Å². The van der Waals surface area contributed by atoms with Crippen LogP contribution in [0.15, 0.2) is 47.6 Å². The second kappa shape index (κ2) is 4.20. The van der Waals surface area contributed by atoms with Gasteiger partial charge in [-0.1, -0.05) is 6.07 Å². The maximum atomic E-state index is 11.0. The molecular weight excluding hydrogens is 242 g/mol. The molecule has 2 heterocycles. The zero-order valence-corrected chi connectivity index (χ0v) is 10.2. The summed E-state index contributed by atoms with van der Waals surface area (Å²) in [5.74, 6) is -0.145. The van der Waals surface area contributed by atoms with E-state index in [1.54, 1.807) is 35.0 Å². The molecule has 2 aliphatic rings. The molecule has 0 spiro atoms. The SMILES string of the molecule is CC(=O)N=c1ccc2nn3ccccc3c(O)c-2c1.